The first-order valence-electron chi connectivity index (χ1n) is 4.83. The maximum atomic E-state index is 11.9. The molecule has 15 heavy (non-hydrogen) atoms. The van der Waals surface area contributed by atoms with Gasteiger partial charge in [-0.2, -0.15) is 0 Å². The Balaban J connectivity index is 2.39. The second-order valence-corrected chi connectivity index (χ2v) is 4.07. The Morgan fingerprint density at radius 2 is 1.80 bits per heavy atom. The van der Waals surface area contributed by atoms with Crippen LogP contribution in [0.5, 0.6) is 0 Å². The molecule has 0 saturated heterocycles. The Morgan fingerprint density at radius 1 is 1.20 bits per heavy atom. The standard InChI is InChI=1S/C12H12ClNO/c1-8-9(2)12(15)14(11(8)13)10-6-4-3-5-7-10/h3-7,11H,1-2H3. The lowest BCUT2D eigenvalue weighted by Crippen LogP contribution is -2.31. The van der Waals surface area contributed by atoms with E-state index in [0.29, 0.717) is 0 Å². The molecule has 0 aliphatic carbocycles. The molecule has 1 aromatic carbocycles. The average molecular weight is 222 g/mol. The van der Waals surface area contributed by atoms with E-state index < -0.39 is 0 Å². The molecule has 1 atom stereocenters. The first-order valence-corrected chi connectivity index (χ1v) is 5.26. The molecule has 1 heterocycles. The molecule has 0 bridgehead atoms. The topological polar surface area (TPSA) is 20.3 Å². The van der Waals surface area contributed by atoms with E-state index in [4.69, 9.17) is 11.6 Å². The highest BCUT2D eigenvalue weighted by atomic mass is 35.5. The number of nitrogens with zero attached hydrogens (tertiary/aromatic N) is 1. The maximum absolute atomic E-state index is 11.9. The fourth-order valence-corrected chi connectivity index (χ4v) is 2.03. The van der Waals surface area contributed by atoms with Gasteiger partial charge in [0.05, 0.1) is 0 Å². The normalized spacial score (nSPS) is 21.4. The van der Waals surface area contributed by atoms with E-state index in [9.17, 15) is 4.79 Å². The summed E-state index contributed by atoms with van der Waals surface area (Å²) in [6.07, 6.45) is 0. The molecule has 3 heteroatoms. The van der Waals surface area contributed by atoms with Gasteiger partial charge in [-0.3, -0.25) is 9.69 Å². The fourth-order valence-electron chi connectivity index (χ4n) is 1.66. The third-order valence-corrected chi connectivity index (χ3v) is 3.27. The molecule has 0 radical (unpaired) electrons. The molecule has 1 aromatic rings. The van der Waals surface area contributed by atoms with Crippen molar-refractivity contribution in [1.29, 1.82) is 0 Å². The highest BCUT2D eigenvalue weighted by Gasteiger charge is 2.34. The summed E-state index contributed by atoms with van der Waals surface area (Å²) in [5, 5.41) is 0. The Kier molecular flexibility index (Phi) is 2.53. The number of carbonyl (C=O) groups is 1. The third-order valence-electron chi connectivity index (χ3n) is 2.75. The smallest absolute Gasteiger partial charge is 0.255 e. The minimum atomic E-state index is -0.347. The van der Waals surface area contributed by atoms with Gasteiger partial charge in [0.1, 0.15) is 5.50 Å². The van der Waals surface area contributed by atoms with Gasteiger partial charge in [0.15, 0.2) is 0 Å². The zero-order chi connectivity index (χ0) is 11.0. The molecular formula is C12H12ClNO. The van der Waals surface area contributed by atoms with E-state index in [2.05, 4.69) is 0 Å². The number of halogens is 1. The molecule has 1 aliphatic heterocycles. The Labute approximate surface area is 94.2 Å². The summed E-state index contributed by atoms with van der Waals surface area (Å²) < 4.78 is 0. The number of rotatable bonds is 1. The van der Waals surface area contributed by atoms with Crippen LogP contribution in [0.15, 0.2) is 41.5 Å². The van der Waals surface area contributed by atoms with E-state index in [1.54, 1.807) is 4.90 Å². The molecule has 2 rings (SSSR count). The van der Waals surface area contributed by atoms with Crippen molar-refractivity contribution in [3.05, 3.63) is 41.5 Å². The molecule has 0 aromatic heterocycles. The second-order valence-electron chi connectivity index (χ2n) is 3.65. The van der Waals surface area contributed by atoms with Crippen LogP contribution in [-0.4, -0.2) is 11.4 Å². The molecule has 1 unspecified atom stereocenters. The number of alkyl halides is 1. The van der Waals surface area contributed by atoms with Crippen LogP contribution in [0.25, 0.3) is 0 Å². The lowest BCUT2D eigenvalue weighted by atomic mass is 10.2. The molecule has 0 saturated carbocycles. The maximum Gasteiger partial charge on any atom is 0.255 e. The zero-order valence-electron chi connectivity index (χ0n) is 8.70. The van der Waals surface area contributed by atoms with Crippen LogP contribution in [0.3, 0.4) is 0 Å². The molecule has 1 aliphatic rings. The van der Waals surface area contributed by atoms with Crippen molar-refractivity contribution < 1.29 is 4.79 Å². The van der Waals surface area contributed by atoms with Crippen molar-refractivity contribution >= 4 is 23.2 Å². The van der Waals surface area contributed by atoms with E-state index in [-0.39, 0.29) is 11.4 Å². The van der Waals surface area contributed by atoms with Gasteiger partial charge >= 0.3 is 0 Å². The van der Waals surface area contributed by atoms with Gasteiger partial charge in [-0.15, -0.1) is 0 Å². The van der Waals surface area contributed by atoms with Crippen LogP contribution >= 0.6 is 11.6 Å². The SMILES string of the molecule is CC1=C(C)C(Cl)N(c2ccccc2)C1=O. The lowest BCUT2D eigenvalue weighted by Gasteiger charge is -2.21. The van der Waals surface area contributed by atoms with Crippen molar-refractivity contribution in [2.75, 3.05) is 4.90 Å². The van der Waals surface area contributed by atoms with E-state index in [1.807, 2.05) is 44.2 Å². The third kappa shape index (κ3) is 1.55. The second kappa shape index (κ2) is 3.70. The molecule has 0 N–H and O–H groups in total. The molecular weight excluding hydrogens is 210 g/mol. The number of anilines is 1. The molecule has 78 valence electrons. The van der Waals surface area contributed by atoms with Crippen molar-refractivity contribution in [1.82, 2.24) is 0 Å². The van der Waals surface area contributed by atoms with Crippen molar-refractivity contribution in [3.8, 4) is 0 Å². The van der Waals surface area contributed by atoms with Crippen LogP contribution in [0, 0.1) is 0 Å². The van der Waals surface area contributed by atoms with Gasteiger partial charge in [0, 0.05) is 11.3 Å². The van der Waals surface area contributed by atoms with Gasteiger partial charge in [-0.25, -0.2) is 0 Å². The highest BCUT2D eigenvalue weighted by Crippen LogP contribution is 2.32. The number of amides is 1. The summed E-state index contributed by atoms with van der Waals surface area (Å²) in [4.78, 5) is 13.5. The number of benzene rings is 1. The number of hydrogen-bond acceptors (Lipinski definition) is 1. The van der Waals surface area contributed by atoms with Crippen molar-refractivity contribution in [2.45, 2.75) is 19.3 Å². The summed E-state index contributed by atoms with van der Waals surface area (Å²) in [5.74, 6) is -0.00120. The van der Waals surface area contributed by atoms with Crippen molar-refractivity contribution in [3.63, 3.8) is 0 Å². The van der Waals surface area contributed by atoms with Gasteiger partial charge in [0.2, 0.25) is 0 Å². The van der Waals surface area contributed by atoms with Crippen LogP contribution in [0.1, 0.15) is 13.8 Å². The Hall–Kier alpha value is -1.28. The van der Waals surface area contributed by atoms with Crippen LogP contribution in [0.2, 0.25) is 0 Å². The number of carbonyl (C=O) groups excluding carboxylic acids is 1. The fraction of sp³-hybridized carbons (Fsp3) is 0.250. The Morgan fingerprint density at radius 3 is 2.27 bits per heavy atom. The summed E-state index contributed by atoms with van der Waals surface area (Å²) in [7, 11) is 0. The lowest BCUT2D eigenvalue weighted by molar-refractivity contribution is -0.114. The average Bonchev–Trinajstić information content (AvgIpc) is 2.45. The molecule has 0 fully saturated rings. The first kappa shape index (κ1) is 10.2. The minimum Gasteiger partial charge on any atom is -0.288 e. The van der Waals surface area contributed by atoms with E-state index in [1.165, 1.54) is 0 Å². The predicted octanol–water partition coefficient (Wildman–Crippen LogP) is 2.93. The monoisotopic (exact) mass is 221 g/mol. The number of hydrogen-bond donors (Lipinski definition) is 0. The largest absolute Gasteiger partial charge is 0.288 e. The first-order chi connectivity index (χ1) is 7.13. The molecule has 2 nitrogen and oxygen atoms in total. The zero-order valence-corrected chi connectivity index (χ0v) is 9.45. The van der Waals surface area contributed by atoms with Crippen molar-refractivity contribution in [2.24, 2.45) is 0 Å². The molecule has 0 spiro atoms. The predicted molar refractivity (Wildman–Crippen MR) is 61.9 cm³/mol. The van der Waals surface area contributed by atoms with Gasteiger partial charge in [-0.1, -0.05) is 29.8 Å². The summed E-state index contributed by atoms with van der Waals surface area (Å²) in [6.45, 7) is 3.71. The van der Waals surface area contributed by atoms with Crippen LogP contribution < -0.4 is 4.90 Å². The van der Waals surface area contributed by atoms with Crippen LogP contribution in [0.4, 0.5) is 5.69 Å². The van der Waals surface area contributed by atoms with Gasteiger partial charge in [-0.05, 0) is 31.6 Å². The quantitative estimate of drug-likeness (QED) is 0.528. The minimum absolute atomic E-state index is 0.00120. The molecule has 1 amide bonds. The highest BCUT2D eigenvalue weighted by molar-refractivity contribution is 6.30. The van der Waals surface area contributed by atoms with E-state index in [0.717, 1.165) is 16.8 Å². The summed E-state index contributed by atoms with van der Waals surface area (Å²) in [6, 6.07) is 9.49. The summed E-state index contributed by atoms with van der Waals surface area (Å²) >= 11 is 6.20. The van der Waals surface area contributed by atoms with E-state index >= 15 is 0 Å². The van der Waals surface area contributed by atoms with Gasteiger partial charge < -0.3 is 0 Å². The Bertz CT molecular complexity index is 425. The number of para-hydroxylation sites is 1. The summed E-state index contributed by atoms with van der Waals surface area (Å²) in [5.41, 5.74) is 2.18. The van der Waals surface area contributed by atoms with Gasteiger partial charge in [0.25, 0.3) is 5.91 Å². The van der Waals surface area contributed by atoms with Crippen LogP contribution in [-0.2, 0) is 4.79 Å².